The molecule has 4 nitrogen and oxygen atoms in total. The van der Waals surface area contributed by atoms with Crippen molar-refractivity contribution in [2.75, 3.05) is 13.2 Å². The number of ether oxygens (including phenoxy) is 1. The second-order valence-corrected chi connectivity index (χ2v) is 7.43. The van der Waals surface area contributed by atoms with Gasteiger partial charge in [-0.15, -0.1) is 24.0 Å². The van der Waals surface area contributed by atoms with Crippen LogP contribution in [0.5, 0.6) is 0 Å². The Labute approximate surface area is 170 Å². The first-order chi connectivity index (χ1) is 12.1. The predicted molar refractivity (Wildman–Crippen MR) is 108 cm³/mol. The van der Waals surface area contributed by atoms with Crippen molar-refractivity contribution in [2.24, 2.45) is 16.3 Å². The number of guanidine groups is 1. The summed E-state index contributed by atoms with van der Waals surface area (Å²) in [6.07, 6.45) is 5.18. The van der Waals surface area contributed by atoms with Crippen LogP contribution in [0.2, 0.25) is 0 Å². The monoisotopic (exact) mass is 477 g/mol. The molecule has 1 aromatic carbocycles. The summed E-state index contributed by atoms with van der Waals surface area (Å²) in [7, 11) is 0. The van der Waals surface area contributed by atoms with Crippen LogP contribution in [-0.2, 0) is 11.3 Å². The van der Waals surface area contributed by atoms with Gasteiger partial charge in [0.1, 0.15) is 11.6 Å². The number of aliphatic imine (C=N–C) groups is 1. The molecule has 0 radical (unpaired) electrons. The molecule has 144 valence electrons. The van der Waals surface area contributed by atoms with E-state index in [1.807, 2.05) is 6.92 Å². The summed E-state index contributed by atoms with van der Waals surface area (Å²) >= 11 is 0. The quantitative estimate of drug-likeness (QED) is 0.396. The van der Waals surface area contributed by atoms with Crippen molar-refractivity contribution in [3.63, 3.8) is 0 Å². The Morgan fingerprint density at radius 2 is 2.00 bits per heavy atom. The highest BCUT2D eigenvalue weighted by molar-refractivity contribution is 14.0. The van der Waals surface area contributed by atoms with Gasteiger partial charge >= 0.3 is 0 Å². The molecule has 1 aliphatic heterocycles. The third-order valence-corrected chi connectivity index (χ3v) is 6.01. The largest absolute Gasteiger partial charge is 0.377 e. The molecule has 0 amide bonds. The Hall–Kier alpha value is -0.960. The lowest BCUT2D eigenvalue weighted by Gasteiger charge is -2.63. The maximum Gasteiger partial charge on any atom is 0.191 e. The van der Waals surface area contributed by atoms with Crippen LogP contribution in [-0.4, -0.2) is 31.3 Å². The maximum absolute atomic E-state index is 13.3. The lowest BCUT2D eigenvalue weighted by atomic mass is 9.46. The van der Waals surface area contributed by atoms with Gasteiger partial charge < -0.3 is 15.4 Å². The fraction of sp³-hybridized carbons (Fsp3) is 0.632. The van der Waals surface area contributed by atoms with E-state index >= 15 is 0 Å². The van der Waals surface area contributed by atoms with Crippen LogP contribution in [0.1, 0.15) is 38.2 Å². The fourth-order valence-electron chi connectivity index (χ4n) is 4.80. The topological polar surface area (TPSA) is 45.7 Å². The Morgan fingerprint density at radius 3 is 2.62 bits per heavy atom. The molecule has 1 heterocycles. The Morgan fingerprint density at radius 1 is 1.27 bits per heavy atom. The molecule has 3 fully saturated rings. The average Bonchev–Trinajstić information content (AvgIpc) is 2.92. The van der Waals surface area contributed by atoms with Gasteiger partial charge in [0, 0.05) is 36.6 Å². The number of fused-ring (bicyclic) bond motifs is 2. The molecular formula is C19H26F2IN3O. The van der Waals surface area contributed by atoms with E-state index in [-0.39, 0.29) is 35.9 Å². The van der Waals surface area contributed by atoms with Crippen LogP contribution in [0, 0.1) is 23.0 Å². The third-order valence-electron chi connectivity index (χ3n) is 6.01. The number of rotatable bonds is 4. The average molecular weight is 477 g/mol. The molecule has 2 aliphatic carbocycles. The summed E-state index contributed by atoms with van der Waals surface area (Å²) in [5.74, 6) is 0.132. The highest BCUT2D eigenvalue weighted by Crippen LogP contribution is 2.62. The Bertz CT molecular complexity index is 660. The molecule has 3 aliphatic rings. The first kappa shape index (κ1) is 19.8. The van der Waals surface area contributed by atoms with Gasteiger partial charge in [-0.1, -0.05) is 6.42 Å². The minimum Gasteiger partial charge on any atom is -0.377 e. The molecule has 0 bridgehead atoms. The van der Waals surface area contributed by atoms with E-state index in [2.05, 4.69) is 15.6 Å². The fourth-order valence-corrected chi connectivity index (χ4v) is 4.80. The minimum atomic E-state index is -0.568. The second kappa shape index (κ2) is 7.96. The number of nitrogens with zero attached hydrogens (tertiary/aromatic N) is 1. The summed E-state index contributed by atoms with van der Waals surface area (Å²) in [6.45, 7) is 3.86. The lowest BCUT2D eigenvalue weighted by Crippen LogP contribution is -2.72. The highest BCUT2D eigenvalue weighted by Gasteiger charge is 2.66. The zero-order valence-electron chi connectivity index (χ0n) is 14.9. The van der Waals surface area contributed by atoms with Crippen molar-refractivity contribution in [1.29, 1.82) is 0 Å². The molecule has 4 rings (SSSR count). The zero-order valence-corrected chi connectivity index (χ0v) is 17.3. The minimum absolute atomic E-state index is 0. The molecule has 0 aromatic heterocycles. The van der Waals surface area contributed by atoms with Crippen molar-refractivity contribution in [2.45, 2.75) is 51.3 Å². The summed E-state index contributed by atoms with van der Waals surface area (Å²) < 4.78 is 32.6. The van der Waals surface area contributed by atoms with E-state index in [0.29, 0.717) is 29.6 Å². The van der Waals surface area contributed by atoms with Crippen LogP contribution in [0.25, 0.3) is 0 Å². The van der Waals surface area contributed by atoms with Crippen LogP contribution in [0.4, 0.5) is 8.78 Å². The molecule has 1 saturated heterocycles. The Balaban J connectivity index is 0.00000196. The van der Waals surface area contributed by atoms with Crippen LogP contribution in [0.15, 0.2) is 23.2 Å². The van der Waals surface area contributed by atoms with Gasteiger partial charge in [-0.05, 0) is 43.9 Å². The van der Waals surface area contributed by atoms with E-state index in [4.69, 9.17) is 4.74 Å². The second-order valence-electron chi connectivity index (χ2n) is 7.43. The first-order valence-electron chi connectivity index (χ1n) is 9.24. The molecule has 1 aromatic rings. The van der Waals surface area contributed by atoms with E-state index in [9.17, 15) is 8.78 Å². The van der Waals surface area contributed by atoms with Crippen molar-refractivity contribution in [1.82, 2.24) is 10.6 Å². The molecule has 3 atom stereocenters. The van der Waals surface area contributed by atoms with Gasteiger partial charge in [0.25, 0.3) is 0 Å². The van der Waals surface area contributed by atoms with Crippen LogP contribution >= 0.6 is 24.0 Å². The predicted octanol–water partition coefficient (Wildman–Crippen LogP) is 3.60. The SMILES string of the molecule is CCNC(=NCc1cc(F)cc(F)c1)NC1C2CCOC2C12CCC2.I. The van der Waals surface area contributed by atoms with E-state index in [0.717, 1.165) is 25.6 Å². The third kappa shape index (κ3) is 3.44. The molecular weight excluding hydrogens is 451 g/mol. The lowest BCUT2D eigenvalue weighted by molar-refractivity contribution is -0.171. The van der Waals surface area contributed by atoms with Gasteiger partial charge in [-0.25, -0.2) is 13.8 Å². The van der Waals surface area contributed by atoms with E-state index < -0.39 is 11.6 Å². The summed E-state index contributed by atoms with van der Waals surface area (Å²) in [5.41, 5.74) is 0.797. The number of nitrogens with one attached hydrogen (secondary N) is 2. The van der Waals surface area contributed by atoms with Crippen molar-refractivity contribution in [3.05, 3.63) is 35.4 Å². The van der Waals surface area contributed by atoms with E-state index in [1.54, 1.807) is 0 Å². The van der Waals surface area contributed by atoms with Gasteiger partial charge in [-0.3, -0.25) is 0 Å². The molecule has 7 heteroatoms. The van der Waals surface area contributed by atoms with Crippen molar-refractivity contribution >= 4 is 29.9 Å². The number of hydrogen-bond donors (Lipinski definition) is 2. The molecule has 26 heavy (non-hydrogen) atoms. The summed E-state index contributed by atoms with van der Waals surface area (Å²) in [6, 6.07) is 3.92. The molecule has 2 N–H and O–H groups in total. The maximum atomic E-state index is 13.3. The molecule has 3 unspecified atom stereocenters. The normalized spacial score (nSPS) is 28.6. The highest BCUT2D eigenvalue weighted by atomic mass is 127. The first-order valence-corrected chi connectivity index (χ1v) is 9.24. The standard InChI is InChI=1S/C19H25F2N3O.HI/c1-2-22-18(23-11-12-8-13(20)10-14(21)9-12)24-16-15-4-7-25-17(15)19(16)5-3-6-19;/h8-10,15-17H,2-7,11H2,1H3,(H2,22,23,24);1H. The van der Waals surface area contributed by atoms with Gasteiger partial charge in [0.05, 0.1) is 12.6 Å². The Kier molecular flexibility index (Phi) is 6.06. The summed E-state index contributed by atoms with van der Waals surface area (Å²) in [4.78, 5) is 4.55. The summed E-state index contributed by atoms with van der Waals surface area (Å²) in [5, 5.41) is 6.85. The van der Waals surface area contributed by atoms with E-state index in [1.165, 1.54) is 31.4 Å². The zero-order chi connectivity index (χ0) is 17.4. The van der Waals surface area contributed by atoms with Crippen molar-refractivity contribution in [3.8, 4) is 0 Å². The number of halogens is 3. The molecule has 1 spiro atoms. The van der Waals surface area contributed by atoms with Crippen molar-refractivity contribution < 1.29 is 13.5 Å². The van der Waals surface area contributed by atoms with Gasteiger partial charge in [0.15, 0.2) is 5.96 Å². The van der Waals surface area contributed by atoms with Crippen LogP contribution in [0.3, 0.4) is 0 Å². The number of benzene rings is 1. The van der Waals surface area contributed by atoms with Gasteiger partial charge in [0.2, 0.25) is 0 Å². The van der Waals surface area contributed by atoms with Gasteiger partial charge in [-0.2, -0.15) is 0 Å². The molecule has 2 saturated carbocycles. The smallest absolute Gasteiger partial charge is 0.191 e. The van der Waals surface area contributed by atoms with Crippen LogP contribution < -0.4 is 10.6 Å². The number of hydrogen-bond acceptors (Lipinski definition) is 2.